The Labute approximate surface area is 132 Å². The molecule has 4 N–H and O–H groups in total. The minimum Gasteiger partial charge on any atom is -0.325 e. The third kappa shape index (κ3) is 6.01. The molecule has 8 heteroatoms. The van der Waals surface area contributed by atoms with Crippen molar-refractivity contribution < 1.29 is 13.2 Å². The second-order valence-electron chi connectivity index (χ2n) is 4.74. The van der Waals surface area contributed by atoms with Gasteiger partial charge in [0.15, 0.2) is 0 Å². The highest BCUT2D eigenvalue weighted by molar-refractivity contribution is 7.89. The van der Waals surface area contributed by atoms with Gasteiger partial charge in [-0.15, -0.1) is 12.4 Å². The van der Waals surface area contributed by atoms with Crippen LogP contribution in [0.2, 0.25) is 0 Å². The molecule has 6 nitrogen and oxygen atoms in total. The summed E-state index contributed by atoms with van der Waals surface area (Å²) in [6.07, 6.45) is 0.695. The van der Waals surface area contributed by atoms with E-state index in [4.69, 9.17) is 5.73 Å². The summed E-state index contributed by atoms with van der Waals surface area (Å²) in [5.74, 6) is -0.366. The van der Waals surface area contributed by atoms with Gasteiger partial charge in [-0.1, -0.05) is 13.0 Å². The van der Waals surface area contributed by atoms with E-state index in [1.54, 1.807) is 26.0 Å². The van der Waals surface area contributed by atoms with E-state index in [1.807, 2.05) is 6.92 Å². The average Bonchev–Trinajstić information content (AvgIpc) is 2.38. The van der Waals surface area contributed by atoms with Crippen LogP contribution in [-0.4, -0.2) is 26.4 Å². The number of hydrogen-bond donors (Lipinski definition) is 3. The van der Waals surface area contributed by atoms with Crippen LogP contribution in [0.15, 0.2) is 29.2 Å². The number of carbonyl (C=O) groups excluding carboxylic acids is 1. The molecule has 1 unspecified atom stereocenters. The second-order valence-corrected chi connectivity index (χ2v) is 6.45. The number of nitrogens with one attached hydrogen (secondary N) is 2. The number of carbonyl (C=O) groups is 1. The highest BCUT2D eigenvalue weighted by Gasteiger charge is 2.17. The lowest BCUT2D eigenvalue weighted by atomic mass is 10.3. The topological polar surface area (TPSA) is 101 Å². The van der Waals surface area contributed by atoms with E-state index in [0.29, 0.717) is 12.1 Å². The Morgan fingerprint density at radius 1 is 1.33 bits per heavy atom. The number of hydrogen-bond acceptors (Lipinski definition) is 4. The first-order valence-corrected chi connectivity index (χ1v) is 7.93. The summed E-state index contributed by atoms with van der Waals surface area (Å²) in [5, 5.41) is 2.56. The highest BCUT2D eigenvalue weighted by atomic mass is 35.5. The van der Waals surface area contributed by atoms with Crippen LogP contribution in [0.4, 0.5) is 5.69 Å². The standard InChI is InChI=1S/C13H21N3O3S.ClH/c1-4-9(2)16-20(18,19)12-7-5-6-11(8-12)15-13(17)10(3)14;/h5-10,16H,4,14H2,1-3H3,(H,15,17);1H/t9?,10-;/m0./s1. The molecule has 0 radical (unpaired) electrons. The minimum atomic E-state index is -3.58. The van der Waals surface area contributed by atoms with Gasteiger partial charge in [0.1, 0.15) is 0 Å². The first-order chi connectivity index (χ1) is 9.26. The first kappa shape index (κ1) is 19.9. The van der Waals surface area contributed by atoms with Gasteiger partial charge in [0.25, 0.3) is 0 Å². The number of halogens is 1. The molecule has 120 valence electrons. The fraction of sp³-hybridized carbons (Fsp3) is 0.462. The zero-order valence-corrected chi connectivity index (χ0v) is 13.9. The molecule has 0 aromatic heterocycles. The molecule has 0 aliphatic carbocycles. The molecule has 0 heterocycles. The predicted octanol–water partition coefficient (Wildman–Crippen LogP) is 1.47. The van der Waals surface area contributed by atoms with Crippen LogP contribution in [0.3, 0.4) is 0 Å². The summed E-state index contributed by atoms with van der Waals surface area (Å²) in [7, 11) is -3.58. The van der Waals surface area contributed by atoms with E-state index < -0.39 is 16.1 Å². The van der Waals surface area contributed by atoms with E-state index in [1.165, 1.54) is 12.1 Å². The lowest BCUT2D eigenvalue weighted by molar-refractivity contribution is -0.117. The monoisotopic (exact) mass is 335 g/mol. The summed E-state index contributed by atoms with van der Waals surface area (Å²) in [6.45, 7) is 5.24. The van der Waals surface area contributed by atoms with Gasteiger partial charge in [0.05, 0.1) is 10.9 Å². The molecule has 1 aromatic carbocycles. The van der Waals surface area contributed by atoms with Crippen molar-refractivity contribution in [2.45, 2.75) is 44.2 Å². The van der Waals surface area contributed by atoms with Gasteiger partial charge in [0.2, 0.25) is 15.9 Å². The summed E-state index contributed by atoms with van der Waals surface area (Å²) in [6, 6.07) is 5.26. The van der Waals surface area contributed by atoms with Crippen molar-refractivity contribution in [1.82, 2.24) is 4.72 Å². The molecule has 0 spiro atoms. The zero-order valence-electron chi connectivity index (χ0n) is 12.3. The molecular weight excluding hydrogens is 314 g/mol. The van der Waals surface area contributed by atoms with Gasteiger partial charge in [-0.25, -0.2) is 13.1 Å². The van der Waals surface area contributed by atoms with Crippen molar-refractivity contribution in [3.8, 4) is 0 Å². The molecule has 1 aromatic rings. The predicted molar refractivity (Wildman–Crippen MR) is 86.0 cm³/mol. The Bertz CT molecular complexity index is 576. The molecule has 1 rings (SSSR count). The van der Waals surface area contributed by atoms with Crippen LogP contribution in [0.5, 0.6) is 0 Å². The Balaban J connectivity index is 0.00000400. The van der Waals surface area contributed by atoms with Crippen LogP contribution in [0.1, 0.15) is 27.2 Å². The molecular formula is C13H22ClN3O3S. The summed E-state index contributed by atoms with van der Waals surface area (Å²) < 4.78 is 26.8. The van der Waals surface area contributed by atoms with Gasteiger partial charge in [0, 0.05) is 11.7 Å². The molecule has 21 heavy (non-hydrogen) atoms. The van der Waals surface area contributed by atoms with Crippen LogP contribution in [-0.2, 0) is 14.8 Å². The summed E-state index contributed by atoms with van der Waals surface area (Å²) in [4.78, 5) is 11.6. The smallest absolute Gasteiger partial charge is 0.240 e. The summed E-state index contributed by atoms with van der Waals surface area (Å²) >= 11 is 0. The van der Waals surface area contributed by atoms with Crippen LogP contribution < -0.4 is 15.8 Å². The lowest BCUT2D eigenvalue weighted by Crippen LogP contribution is -2.33. The SMILES string of the molecule is CCC(C)NS(=O)(=O)c1cccc(NC(=O)[C@H](C)N)c1.Cl. The van der Waals surface area contributed by atoms with Crippen molar-refractivity contribution in [2.24, 2.45) is 5.73 Å². The first-order valence-electron chi connectivity index (χ1n) is 6.45. The van der Waals surface area contributed by atoms with E-state index in [-0.39, 0.29) is 29.3 Å². The van der Waals surface area contributed by atoms with Crippen molar-refractivity contribution in [1.29, 1.82) is 0 Å². The Morgan fingerprint density at radius 3 is 2.48 bits per heavy atom. The van der Waals surface area contributed by atoms with Crippen LogP contribution in [0, 0.1) is 0 Å². The number of rotatable bonds is 6. The zero-order chi connectivity index (χ0) is 15.3. The van der Waals surface area contributed by atoms with Crippen LogP contribution in [0.25, 0.3) is 0 Å². The molecule has 2 atom stereocenters. The largest absolute Gasteiger partial charge is 0.325 e. The molecule has 0 saturated heterocycles. The van der Waals surface area contributed by atoms with Crippen molar-refractivity contribution in [2.75, 3.05) is 5.32 Å². The van der Waals surface area contributed by atoms with Gasteiger partial charge in [-0.2, -0.15) is 0 Å². The maximum atomic E-state index is 12.1. The highest BCUT2D eigenvalue weighted by Crippen LogP contribution is 2.16. The number of amides is 1. The van der Waals surface area contributed by atoms with Gasteiger partial charge >= 0.3 is 0 Å². The third-order valence-electron chi connectivity index (χ3n) is 2.79. The van der Waals surface area contributed by atoms with E-state index in [0.717, 1.165) is 0 Å². The average molecular weight is 336 g/mol. The van der Waals surface area contributed by atoms with Crippen molar-refractivity contribution in [3.63, 3.8) is 0 Å². The van der Waals surface area contributed by atoms with E-state index >= 15 is 0 Å². The maximum absolute atomic E-state index is 12.1. The van der Waals surface area contributed by atoms with Crippen molar-refractivity contribution >= 4 is 34.0 Å². The molecule has 0 fully saturated rings. The van der Waals surface area contributed by atoms with Crippen LogP contribution >= 0.6 is 12.4 Å². The normalized spacial score (nSPS) is 13.9. The quantitative estimate of drug-likeness (QED) is 0.732. The molecule has 0 bridgehead atoms. The Morgan fingerprint density at radius 2 is 1.95 bits per heavy atom. The maximum Gasteiger partial charge on any atom is 0.240 e. The number of nitrogens with two attached hydrogens (primary N) is 1. The molecule has 0 saturated carbocycles. The van der Waals surface area contributed by atoms with Gasteiger partial charge < -0.3 is 11.1 Å². The lowest BCUT2D eigenvalue weighted by Gasteiger charge is -2.13. The van der Waals surface area contributed by atoms with E-state index in [2.05, 4.69) is 10.0 Å². The van der Waals surface area contributed by atoms with E-state index in [9.17, 15) is 13.2 Å². The second kappa shape index (κ2) is 8.33. The molecule has 0 aliphatic rings. The Kier molecular flexibility index (Phi) is 7.87. The number of sulfonamides is 1. The fourth-order valence-electron chi connectivity index (χ4n) is 1.41. The molecule has 1 amide bonds. The summed E-state index contributed by atoms with van der Waals surface area (Å²) in [5.41, 5.74) is 5.85. The molecule has 0 aliphatic heterocycles. The van der Waals surface area contributed by atoms with Gasteiger partial charge in [-0.05, 0) is 38.5 Å². The Hall–Kier alpha value is -1.15. The number of benzene rings is 1. The van der Waals surface area contributed by atoms with Gasteiger partial charge in [-0.3, -0.25) is 4.79 Å². The number of anilines is 1. The fourth-order valence-corrected chi connectivity index (χ4v) is 2.79. The minimum absolute atomic E-state index is 0. The van der Waals surface area contributed by atoms with Crippen molar-refractivity contribution in [3.05, 3.63) is 24.3 Å². The third-order valence-corrected chi connectivity index (χ3v) is 4.38.